The highest BCUT2D eigenvalue weighted by atomic mass is 16.2. The van der Waals surface area contributed by atoms with E-state index < -0.39 is 0 Å². The first-order valence-corrected chi connectivity index (χ1v) is 6.20. The van der Waals surface area contributed by atoms with Crippen LogP contribution in [0.25, 0.3) is 0 Å². The van der Waals surface area contributed by atoms with Gasteiger partial charge in [-0.1, -0.05) is 24.6 Å². The van der Waals surface area contributed by atoms with Crippen molar-refractivity contribution in [3.63, 3.8) is 0 Å². The summed E-state index contributed by atoms with van der Waals surface area (Å²) in [6.07, 6.45) is 3.65. The minimum absolute atomic E-state index is 0.106. The molecule has 0 saturated carbocycles. The molecule has 1 aromatic carbocycles. The lowest BCUT2D eigenvalue weighted by Crippen LogP contribution is -2.28. The highest BCUT2D eigenvalue weighted by molar-refractivity contribution is 6.01. The van der Waals surface area contributed by atoms with Crippen LogP contribution >= 0.6 is 0 Å². The van der Waals surface area contributed by atoms with Gasteiger partial charge in [-0.3, -0.25) is 9.59 Å². The molecule has 0 aromatic heterocycles. The maximum absolute atomic E-state index is 12.1. The van der Waals surface area contributed by atoms with Crippen LogP contribution in [0.15, 0.2) is 24.3 Å². The molecule has 1 amide bonds. The van der Waals surface area contributed by atoms with Gasteiger partial charge in [-0.05, 0) is 25.5 Å². The third kappa shape index (κ3) is 3.96. The SMILES string of the molecule is CN(CCCCCN)C(=O)c1ccccc1C=O. The second kappa shape index (κ2) is 7.61. The molecule has 0 radical (unpaired) electrons. The Hall–Kier alpha value is -1.68. The van der Waals surface area contributed by atoms with Gasteiger partial charge in [-0.2, -0.15) is 0 Å². The highest BCUT2D eigenvalue weighted by Crippen LogP contribution is 2.09. The van der Waals surface area contributed by atoms with Crippen LogP contribution in [0.4, 0.5) is 0 Å². The molecule has 98 valence electrons. The standard InChI is InChI=1S/C14H20N2O2/c1-16(10-6-2-5-9-15)14(18)13-8-4-3-7-12(13)11-17/h3-4,7-8,11H,2,5-6,9-10,15H2,1H3. The maximum Gasteiger partial charge on any atom is 0.254 e. The van der Waals surface area contributed by atoms with E-state index in [0.29, 0.717) is 24.2 Å². The van der Waals surface area contributed by atoms with E-state index in [-0.39, 0.29) is 5.91 Å². The number of aldehydes is 1. The van der Waals surface area contributed by atoms with Crippen LogP contribution in [0, 0.1) is 0 Å². The van der Waals surface area contributed by atoms with Gasteiger partial charge < -0.3 is 10.6 Å². The normalized spacial score (nSPS) is 10.1. The van der Waals surface area contributed by atoms with Crippen molar-refractivity contribution in [2.24, 2.45) is 5.73 Å². The molecule has 0 heterocycles. The van der Waals surface area contributed by atoms with Crippen molar-refractivity contribution < 1.29 is 9.59 Å². The summed E-state index contributed by atoms with van der Waals surface area (Å²) in [5.74, 6) is -0.106. The zero-order valence-electron chi connectivity index (χ0n) is 10.8. The quantitative estimate of drug-likeness (QED) is 0.590. The fourth-order valence-corrected chi connectivity index (χ4v) is 1.77. The number of benzene rings is 1. The number of carbonyl (C=O) groups excluding carboxylic acids is 2. The lowest BCUT2D eigenvalue weighted by atomic mass is 10.1. The first kappa shape index (κ1) is 14.4. The summed E-state index contributed by atoms with van der Waals surface area (Å²) in [5.41, 5.74) is 6.32. The molecule has 0 fully saturated rings. The van der Waals surface area contributed by atoms with Crippen LogP contribution < -0.4 is 5.73 Å². The zero-order chi connectivity index (χ0) is 13.4. The van der Waals surface area contributed by atoms with Crippen LogP contribution in [0.2, 0.25) is 0 Å². The molecule has 0 unspecified atom stereocenters. The summed E-state index contributed by atoms with van der Waals surface area (Å²) in [5, 5.41) is 0. The van der Waals surface area contributed by atoms with E-state index in [1.807, 2.05) is 0 Å². The van der Waals surface area contributed by atoms with Crippen molar-refractivity contribution in [2.45, 2.75) is 19.3 Å². The highest BCUT2D eigenvalue weighted by Gasteiger charge is 2.14. The summed E-state index contributed by atoms with van der Waals surface area (Å²) in [4.78, 5) is 24.7. The van der Waals surface area contributed by atoms with Crippen LogP contribution in [-0.2, 0) is 0 Å². The van der Waals surface area contributed by atoms with Crippen molar-refractivity contribution in [3.8, 4) is 0 Å². The van der Waals surface area contributed by atoms with Crippen molar-refractivity contribution in [1.29, 1.82) is 0 Å². The number of nitrogens with two attached hydrogens (primary N) is 1. The van der Waals surface area contributed by atoms with E-state index in [1.54, 1.807) is 36.2 Å². The minimum Gasteiger partial charge on any atom is -0.342 e. The van der Waals surface area contributed by atoms with Gasteiger partial charge in [0.1, 0.15) is 0 Å². The second-order valence-corrected chi connectivity index (χ2v) is 4.28. The molecule has 4 nitrogen and oxygen atoms in total. The first-order valence-electron chi connectivity index (χ1n) is 6.20. The van der Waals surface area contributed by atoms with Gasteiger partial charge in [0.05, 0.1) is 5.56 Å². The average molecular weight is 248 g/mol. The van der Waals surface area contributed by atoms with Gasteiger partial charge in [0.15, 0.2) is 6.29 Å². The second-order valence-electron chi connectivity index (χ2n) is 4.28. The number of amides is 1. The van der Waals surface area contributed by atoms with Crippen LogP contribution in [0.3, 0.4) is 0 Å². The van der Waals surface area contributed by atoms with Gasteiger partial charge in [-0.25, -0.2) is 0 Å². The third-order valence-corrected chi connectivity index (χ3v) is 2.86. The lowest BCUT2D eigenvalue weighted by Gasteiger charge is -2.17. The Morgan fingerprint density at radius 3 is 2.67 bits per heavy atom. The van der Waals surface area contributed by atoms with E-state index in [1.165, 1.54) is 0 Å². The third-order valence-electron chi connectivity index (χ3n) is 2.86. The summed E-state index contributed by atoms with van der Waals surface area (Å²) in [7, 11) is 1.76. The Morgan fingerprint density at radius 1 is 1.28 bits per heavy atom. The molecule has 1 aromatic rings. The number of hydrogen-bond donors (Lipinski definition) is 1. The molecule has 0 aliphatic rings. The van der Waals surface area contributed by atoms with Crippen molar-refractivity contribution >= 4 is 12.2 Å². The zero-order valence-corrected chi connectivity index (χ0v) is 10.8. The van der Waals surface area contributed by atoms with Crippen molar-refractivity contribution in [2.75, 3.05) is 20.1 Å². The molecule has 0 saturated heterocycles. The van der Waals surface area contributed by atoms with E-state index in [2.05, 4.69) is 0 Å². The van der Waals surface area contributed by atoms with Gasteiger partial charge in [0.25, 0.3) is 5.91 Å². The van der Waals surface area contributed by atoms with Crippen LogP contribution in [0.1, 0.15) is 40.0 Å². The molecular weight excluding hydrogens is 228 g/mol. The smallest absolute Gasteiger partial charge is 0.254 e. The fraction of sp³-hybridized carbons (Fsp3) is 0.429. The van der Waals surface area contributed by atoms with E-state index in [9.17, 15) is 9.59 Å². The Kier molecular flexibility index (Phi) is 6.08. The molecule has 0 aliphatic carbocycles. The number of nitrogens with zero attached hydrogens (tertiary/aromatic N) is 1. The molecular formula is C14H20N2O2. The molecule has 0 atom stereocenters. The van der Waals surface area contributed by atoms with Gasteiger partial charge in [0.2, 0.25) is 0 Å². The van der Waals surface area contributed by atoms with Crippen molar-refractivity contribution in [1.82, 2.24) is 4.90 Å². The summed E-state index contributed by atoms with van der Waals surface area (Å²) in [6.45, 7) is 1.37. The Morgan fingerprint density at radius 2 is 2.00 bits per heavy atom. The van der Waals surface area contributed by atoms with Crippen molar-refractivity contribution in [3.05, 3.63) is 35.4 Å². The molecule has 0 bridgehead atoms. The Balaban J connectivity index is 2.60. The molecule has 2 N–H and O–H groups in total. The molecule has 0 spiro atoms. The fourth-order valence-electron chi connectivity index (χ4n) is 1.77. The van der Waals surface area contributed by atoms with Crippen LogP contribution in [-0.4, -0.2) is 37.2 Å². The summed E-state index contributed by atoms with van der Waals surface area (Å²) >= 11 is 0. The van der Waals surface area contributed by atoms with Gasteiger partial charge in [0, 0.05) is 19.2 Å². The topological polar surface area (TPSA) is 63.4 Å². The van der Waals surface area contributed by atoms with E-state index in [0.717, 1.165) is 25.5 Å². The Bertz CT molecular complexity index is 405. The number of rotatable bonds is 7. The predicted octanol–water partition coefficient (Wildman–Crippen LogP) is 1.70. The molecule has 0 aliphatic heterocycles. The molecule has 4 heteroatoms. The number of carbonyl (C=O) groups is 2. The monoisotopic (exact) mass is 248 g/mol. The van der Waals surface area contributed by atoms with E-state index >= 15 is 0 Å². The number of hydrogen-bond acceptors (Lipinski definition) is 3. The average Bonchev–Trinajstić information content (AvgIpc) is 2.42. The van der Waals surface area contributed by atoms with E-state index in [4.69, 9.17) is 5.73 Å². The summed E-state index contributed by atoms with van der Waals surface area (Å²) < 4.78 is 0. The predicted molar refractivity (Wildman–Crippen MR) is 71.7 cm³/mol. The Labute approximate surface area is 108 Å². The number of unbranched alkanes of at least 4 members (excludes halogenated alkanes) is 2. The molecule has 1 rings (SSSR count). The van der Waals surface area contributed by atoms with Gasteiger partial charge >= 0.3 is 0 Å². The lowest BCUT2D eigenvalue weighted by molar-refractivity contribution is 0.0789. The molecule has 18 heavy (non-hydrogen) atoms. The maximum atomic E-state index is 12.1. The first-order chi connectivity index (χ1) is 8.70. The minimum atomic E-state index is -0.106. The summed E-state index contributed by atoms with van der Waals surface area (Å²) in [6, 6.07) is 6.86. The van der Waals surface area contributed by atoms with Gasteiger partial charge in [-0.15, -0.1) is 0 Å². The van der Waals surface area contributed by atoms with Crippen LogP contribution in [0.5, 0.6) is 0 Å². The largest absolute Gasteiger partial charge is 0.342 e.